The van der Waals surface area contributed by atoms with E-state index < -0.39 is 11.9 Å². The molecule has 0 radical (unpaired) electrons. The molecule has 2 N–H and O–H groups in total. The van der Waals surface area contributed by atoms with Crippen LogP contribution >= 0.6 is 12.4 Å². The second-order valence-corrected chi connectivity index (χ2v) is 5.75. The van der Waals surface area contributed by atoms with Crippen molar-refractivity contribution in [2.75, 3.05) is 5.32 Å². The van der Waals surface area contributed by atoms with Crippen LogP contribution in [-0.4, -0.2) is 20.1 Å². The molecule has 3 rings (SSSR count). The number of aromatic nitrogens is 3. The summed E-state index contributed by atoms with van der Waals surface area (Å²) in [5.41, 5.74) is 0.968. The van der Waals surface area contributed by atoms with Gasteiger partial charge in [0.05, 0.1) is 0 Å². The van der Waals surface area contributed by atoms with Crippen molar-refractivity contribution < 1.29 is 18.3 Å². The van der Waals surface area contributed by atoms with Crippen LogP contribution in [0.4, 0.5) is 24.7 Å². The fraction of sp³-hybridized carbons (Fsp3) is 0.167. The summed E-state index contributed by atoms with van der Waals surface area (Å²) in [7, 11) is 0. The predicted octanol–water partition coefficient (Wildman–Crippen LogP) is 5.05. The maximum atomic E-state index is 13.2. The highest BCUT2D eigenvalue weighted by Gasteiger charge is 2.34. The quantitative estimate of drug-likeness (QED) is 0.606. The van der Waals surface area contributed by atoms with Gasteiger partial charge in [0.1, 0.15) is 17.3 Å². The number of anilines is 2. The zero-order valence-corrected chi connectivity index (χ0v) is 15.2. The van der Waals surface area contributed by atoms with Crippen LogP contribution < -0.4 is 5.32 Å². The number of phenolic OH excluding ortho intramolecular Hbond substituents is 1. The summed E-state index contributed by atoms with van der Waals surface area (Å²) in [5, 5.41) is 12.6. The van der Waals surface area contributed by atoms with Crippen molar-refractivity contribution in [2.24, 2.45) is 0 Å². The Balaban J connectivity index is 0.00000261. The highest BCUT2D eigenvalue weighted by Crippen LogP contribution is 2.32. The molecule has 2 aromatic heterocycles. The highest BCUT2D eigenvalue weighted by molar-refractivity contribution is 5.85. The number of benzene rings is 1. The Morgan fingerprint density at radius 1 is 1.00 bits per heavy atom. The minimum Gasteiger partial charge on any atom is -0.508 e. The lowest BCUT2D eigenvalue weighted by molar-refractivity contribution is -0.141. The van der Waals surface area contributed by atoms with E-state index in [9.17, 15) is 18.3 Å². The van der Waals surface area contributed by atoms with Gasteiger partial charge in [-0.3, -0.25) is 4.98 Å². The lowest BCUT2D eigenvalue weighted by Gasteiger charge is -2.14. The first-order valence-electron chi connectivity index (χ1n) is 7.69. The molecule has 2 heterocycles. The van der Waals surface area contributed by atoms with Crippen LogP contribution in [0.2, 0.25) is 0 Å². The fourth-order valence-corrected chi connectivity index (χ4v) is 2.34. The van der Waals surface area contributed by atoms with Crippen molar-refractivity contribution in [2.45, 2.75) is 20.0 Å². The van der Waals surface area contributed by atoms with Crippen LogP contribution in [0.5, 0.6) is 5.75 Å². The molecule has 0 saturated heterocycles. The Hall–Kier alpha value is -2.87. The minimum atomic E-state index is -4.62. The van der Waals surface area contributed by atoms with Crippen LogP contribution in [0.1, 0.15) is 16.8 Å². The van der Waals surface area contributed by atoms with E-state index in [1.807, 2.05) is 0 Å². The number of pyridine rings is 1. The highest BCUT2D eigenvalue weighted by atomic mass is 35.5. The molecule has 0 unspecified atom stereocenters. The molecule has 5 nitrogen and oxygen atoms in total. The fourth-order valence-electron chi connectivity index (χ4n) is 2.34. The lowest BCUT2D eigenvalue weighted by atomic mass is 10.1. The normalized spacial score (nSPS) is 11.0. The van der Waals surface area contributed by atoms with Crippen molar-refractivity contribution in [3.8, 4) is 17.3 Å². The molecule has 142 valence electrons. The number of alkyl halides is 3. The van der Waals surface area contributed by atoms with E-state index in [2.05, 4.69) is 20.3 Å². The first kappa shape index (κ1) is 20.4. The molecule has 9 heteroatoms. The Labute approximate surface area is 159 Å². The van der Waals surface area contributed by atoms with E-state index in [1.165, 1.54) is 18.3 Å². The maximum Gasteiger partial charge on any atom is 0.433 e. The van der Waals surface area contributed by atoms with Gasteiger partial charge in [-0.15, -0.1) is 12.4 Å². The van der Waals surface area contributed by atoms with Gasteiger partial charge < -0.3 is 10.4 Å². The summed E-state index contributed by atoms with van der Waals surface area (Å²) in [6, 6.07) is 8.85. The number of hydrogen-bond donors (Lipinski definition) is 2. The zero-order valence-electron chi connectivity index (χ0n) is 14.4. The summed E-state index contributed by atoms with van der Waals surface area (Å²) >= 11 is 0. The molecule has 0 aliphatic rings. The number of nitrogens with one attached hydrogen (secondary N) is 1. The molecule has 0 aliphatic carbocycles. The summed E-state index contributed by atoms with van der Waals surface area (Å²) < 4.78 is 39.7. The molecule has 0 saturated carbocycles. The number of nitrogens with zero attached hydrogens (tertiary/aromatic N) is 3. The zero-order chi connectivity index (χ0) is 18.9. The minimum absolute atomic E-state index is 0. The third-order valence-electron chi connectivity index (χ3n) is 3.72. The van der Waals surface area contributed by atoms with Gasteiger partial charge in [0, 0.05) is 18.0 Å². The van der Waals surface area contributed by atoms with Gasteiger partial charge >= 0.3 is 6.18 Å². The first-order valence-corrected chi connectivity index (χ1v) is 7.69. The second-order valence-electron chi connectivity index (χ2n) is 5.75. The first-order chi connectivity index (χ1) is 12.2. The Morgan fingerprint density at radius 3 is 2.37 bits per heavy atom. The van der Waals surface area contributed by atoms with Crippen molar-refractivity contribution in [1.29, 1.82) is 0 Å². The van der Waals surface area contributed by atoms with E-state index >= 15 is 0 Å². The molecule has 0 atom stereocenters. The molecule has 0 spiro atoms. The van der Waals surface area contributed by atoms with Crippen molar-refractivity contribution >= 4 is 23.9 Å². The number of aryl methyl sites for hydroxylation is 2. The van der Waals surface area contributed by atoms with E-state index in [0.717, 1.165) is 6.07 Å². The molecule has 0 fully saturated rings. The van der Waals surface area contributed by atoms with E-state index in [1.54, 1.807) is 32.0 Å². The number of aromatic hydroxyl groups is 1. The monoisotopic (exact) mass is 396 g/mol. The van der Waals surface area contributed by atoms with Crippen LogP contribution in [-0.2, 0) is 6.18 Å². The SMILES string of the molecule is Cc1cc(Nc2cc(C(F)(F)F)nc(-c3ccccn3)n2)c(C)cc1O.Cl. The molecule has 0 amide bonds. The Kier molecular flexibility index (Phi) is 5.90. The van der Waals surface area contributed by atoms with Crippen LogP contribution in [0.3, 0.4) is 0 Å². The lowest BCUT2D eigenvalue weighted by Crippen LogP contribution is -2.11. The van der Waals surface area contributed by atoms with Crippen molar-refractivity contribution in [1.82, 2.24) is 15.0 Å². The third-order valence-corrected chi connectivity index (χ3v) is 3.72. The van der Waals surface area contributed by atoms with Crippen molar-refractivity contribution in [3.63, 3.8) is 0 Å². The van der Waals surface area contributed by atoms with E-state index in [-0.39, 0.29) is 35.5 Å². The van der Waals surface area contributed by atoms with Gasteiger partial charge in [-0.25, -0.2) is 9.97 Å². The molecule has 3 aromatic rings. The van der Waals surface area contributed by atoms with Gasteiger partial charge in [-0.05, 0) is 49.2 Å². The van der Waals surface area contributed by atoms with E-state index in [0.29, 0.717) is 16.8 Å². The topological polar surface area (TPSA) is 70.9 Å². The van der Waals surface area contributed by atoms with Gasteiger partial charge in [-0.1, -0.05) is 6.07 Å². The van der Waals surface area contributed by atoms with Crippen LogP contribution in [0.15, 0.2) is 42.6 Å². The number of rotatable bonds is 3. The maximum absolute atomic E-state index is 13.2. The molecule has 0 bridgehead atoms. The number of hydrogen-bond acceptors (Lipinski definition) is 5. The summed E-state index contributed by atoms with van der Waals surface area (Å²) in [6.07, 6.45) is -3.16. The molecule has 0 aliphatic heterocycles. The van der Waals surface area contributed by atoms with Crippen molar-refractivity contribution in [3.05, 3.63) is 59.4 Å². The predicted molar refractivity (Wildman–Crippen MR) is 98.4 cm³/mol. The second kappa shape index (κ2) is 7.79. The summed E-state index contributed by atoms with van der Waals surface area (Å²) in [6.45, 7) is 3.42. The van der Waals surface area contributed by atoms with Gasteiger partial charge in [0.15, 0.2) is 11.5 Å². The molecular formula is C18H16ClF3N4O. The van der Waals surface area contributed by atoms with Gasteiger partial charge in [0.25, 0.3) is 0 Å². The summed E-state index contributed by atoms with van der Waals surface area (Å²) in [5.74, 6) is -0.0295. The van der Waals surface area contributed by atoms with Crippen LogP contribution in [0.25, 0.3) is 11.5 Å². The average molecular weight is 397 g/mol. The van der Waals surface area contributed by atoms with Crippen LogP contribution in [0, 0.1) is 13.8 Å². The molecule has 27 heavy (non-hydrogen) atoms. The van der Waals surface area contributed by atoms with Gasteiger partial charge in [0.2, 0.25) is 0 Å². The number of halogens is 4. The molecule has 1 aromatic carbocycles. The third kappa shape index (κ3) is 4.65. The molecular weight excluding hydrogens is 381 g/mol. The number of phenols is 1. The Bertz CT molecular complexity index is 949. The largest absolute Gasteiger partial charge is 0.508 e. The average Bonchev–Trinajstić information content (AvgIpc) is 2.59. The standard InChI is InChI=1S/C18H15F3N4O.ClH/c1-10-8-14(26)11(2)7-13(10)23-16-9-15(18(19,20)21)24-17(25-16)12-5-3-4-6-22-12;/h3-9,26H,1-2H3,(H,23,24,25);1H. The Morgan fingerprint density at radius 2 is 1.74 bits per heavy atom. The smallest absolute Gasteiger partial charge is 0.433 e. The van der Waals surface area contributed by atoms with E-state index in [4.69, 9.17) is 0 Å². The van der Waals surface area contributed by atoms with Gasteiger partial charge in [-0.2, -0.15) is 13.2 Å². The summed E-state index contributed by atoms with van der Waals surface area (Å²) in [4.78, 5) is 11.8.